The van der Waals surface area contributed by atoms with Gasteiger partial charge in [-0.05, 0) is 74.8 Å². The molecule has 2 aromatic carbocycles. The predicted octanol–water partition coefficient (Wildman–Crippen LogP) is 2.80. The Hall–Kier alpha value is -4.49. The summed E-state index contributed by atoms with van der Waals surface area (Å²) in [6.07, 6.45) is 2.98. The zero-order valence-corrected chi connectivity index (χ0v) is 20.2. The summed E-state index contributed by atoms with van der Waals surface area (Å²) in [4.78, 5) is 35.0. The summed E-state index contributed by atoms with van der Waals surface area (Å²) >= 11 is 0. The van der Waals surface area contributed by atoms with Crippen molar-refractivity contribution in [1.29, 1.82) is 5.26 Å². The maximum absolute atomic E-state index is 12.0. The normalized spacial score (nSPS) is 17.3. The van der Waals surface area contributed by atoms with Gasteiger partial charge in [-0.3, -0.25) is 14.5 Å². The first-order chi connectivity index (χ1) is 18.0. The number of nitrogens with zero attached hydrogens (tertiary/aromatic N) is 4. The van der Waals surface area contributed by atoms with Gasteiger partial charge in [0.25, 0.3) is 5.91 Å². The highest BCUT2D eigenvalue weighted by Crippen LogP contribution is 2.30. The monoisotopic (exact) mass is 497 g/mol. The van der Waals surface area contributed by atoms with E-state index in [9.17, 15) is 14.9 Å². The first kappa shape index (κ1) is 24.2. The quantitative estimate of drug-likeness (QED) is 0.431. The van der Waals surface area contributed by atoms with Crippen LogP contribution in [0.2, 0.25) is 0 Å². The Morgan fingerprint density at radius 2 is 1.95 bits per heavy atom. The van der Waals surface area contributed by atoms with E-state index in [4.69, 9.17) is 10.5 Å². The van der Waals surface area contributed by atoms with Gasteiger partial charge in [0, 0.05) is 30.3 Å². The van der Waals surface area contributed by atoms with Crippen LogP contribution in [0, 0.1) is 11.3 Å². The number of nitrogens with two attached hydrogens (primary N) is 1. The Morgan fingerprint density at radius 3 is 2.62 bits per heavy atom. The van der Waals surface area contributed by atoms with Crippen LogP contribution in [0.5, 0.6) is 11.5 Å². The largest absolute Gasteiger partial charge is 0.457 e. The predicted molar refractivity (Wildman–Crippen MR) is 137 cm³/mol. The van der Waals surface area contributed by atoms with Crippen LogP contribution in [0.15, 0.2) is 48.5 Å². The lowest BCUT2D eigenvalue weighted by atomic mass is 10.1. The first-order valence-corrected chi connectivity index (χ1v) is 12.3. The van der Waals surface area contributed by atoms with Crippen LogP contribution in [0.1, 0.15) is 40.9 Å². The van der Waals surface area contributed by atoms with E-state index >= 15 is 0 Å². The van der Waals surface area contributed by atoms with Gasteiger partial charge in [0.05, 0.1) is 11.6 Å². The van der Waals surface area contributed by atoms with Crippen molar-refractivity contribution in [2.45, 2.75) is 31.8 Å². The minimum atomic E-state index is -0.686. The molecule has 2 amide bonds. The van der Waals surface area contributed by atoms with E-state index in [0.29, 0.717) is 47.2 Å². The highest BCUT2D eigenvalue weighted by Gasteiger charge is 2.25. The molecule has 3 aromatic rings. The molecule has 188 valence electrons. The molecule has 0 unspecified atom stereocenters. The molecule has 2 aliphatic heterocycles. The molecule has 0 bridgehead atoms. The number of hydrogen-bond acceptors (Lipinski definition) is 8. The van der Waals surface area contributed by atoms with Gasteiger partial charge in [0.2, 0.25) is 5.91 Å². The number of carbonyl (C=O) groups excluding carboxylic acids is 2. The second-order valence-electron chi connectivity index (χ2n) is 9.15. The molecule has 0 saturated carbocycles. The smallest absolute Gasteiger partial charge is 0.267 e. The molecule has 2 saturated heterocycles. The van der Waals surface area contributed by atoms with E-state index < -0.39 is 11.9 Å². The number of anilines is 1. The van der Waals surface area contributed by atoms with Crippen LogP contribution in [-0.2, 0) is 11.3 Å². The number of amides is 2. The molecule has 5 rings (SSSR count). The molecule has 37 heavy (non-hydrogen) atoms. The van der Waals surface area contributed by atoms with Gasteiger partial charge in [0.15, 0.2) is 5.82 Å². The van der Waals surface area contributed by atoms with Crippen LogP contribution in [0.3, 0.4) is 0 Å². The minimum absolute atomic E-state index is 0.0513. The molecule has 1 aromatic heterocycles. The van der Waals surface area contributed by atoms with Gasteiger partial charge < -0.3 is 21.1 Å². The minimum Gasteiger partial charge on any atom is -0.457 e. The fourth-order valence-electron chi connectivity index (χ4n) is 4.54. The highest BCUT2D eigenvalue weighted by atomic mass is 16.5. The second-order valence-corrected chi connectivity index (χ2v) is 9.15. The number of primary amides is 1. The van der Waals surface area contributed by atoms with Gasteiger partial charge in [0.1, 0.15) is 29.1 Å². The summed E-state index contributed by atoms with van der Waals surface area (Å²) < 4.78 is 6.19. The molecule has 2 aliphatic rings. The van der Waals surface area contributed by atoms with Gasteiger partial charge in [-0.1, -0.05) is 0 Å². The molecule has 4 N–H and O–H groups in total. The highest BCUT2D eigenvalue weighted by molar-refractivity contribution is 5.92. The van der Waals surface area contributed by atoms with Gasteiger partial charge >= 0.3 is 0 Å². The molecule has 2 fully saturated rings. The number of nitriles is 1. The maximum atomic E-state index is 12.0. The molecular formula is C27H27N7O3. The van der Waals surface area contributed by atoms with Crippen molar-refractivity contribution in [3.8, 4) is 29.0 Å². The third kappa shape index (κ3) is 5.68. The SMILES string of the molecule is N#Cc1ccc(Oc2ccc(-c3nc(N[C@H]4CCNC4=O)cc(C(N)=O)n3)cc2)c(CN2CCCC2)c1. The lowest BCUT2D eigenvalue weighted by Gasteiger charge is -2.18. The Balaban J connectivity index is 1.37. The number of nitrogens with one attached hydrogen (secondary N) is 2. The number of benzene rings is 2. The summed E-state index contributed by atoms with van der Waals surface area (Å²) in [5.41, 5.74) is 7.77. The zero-order valence-electron chi connectivity index (χ0n) is 20.2. The molecule has 0 aliphatic carbocycles. The molecule has 10 heteroatoms. The third-order valence-corrected chi connectivity index (χ3v) is 6.47. The number of hydrogen-bond donors (Lipinski definition) is 3. The second kappa shape index (κ2) is 10.6. The lowest BCUT2D eigenvalue weighted by molar-refractivity contribution is -0.119. The number of rotatable bonds is 8. The first-order valence-electron chi connectivity index (χ1n) is 12.3. The molecule has 1 atom stereocenters. The van der Waals surface area contributed by atoms with Crippen molar-refractivity contribution in [3.63, 3.8) is 0 Å². The Labute approximate surface area is 214 Å². The van der Waals surface area contributed by atoms with Crippen molar-refractivity contribution >= 4 is 17.6 Å². The van der Waals surface area contributed by atoms with Crippen molar-refractivity contribution in [3.05, 3.63) is 65.4 Å². The summed E-state index contributed by atoms with van der Waals surface area (Å²) in [7, 11) is 0. The van der Waals surface area contributed by atoms with E-state index in [1.807, 2.05) is 12.1 Å². The Bertz CT molecular complexity index is 1360. The fourth-order valence-corrected chi connectivity index (χ4v) is 4.54. The van der Waals surface area contributed by atoms with E-state index in [-0.39, 0.29) is 11.6 Å². The molecule has 10 nitrogen and oxygen atoms in total. The maximum Gasteiger partial charge on any atom is 0.267 e. The number of aromatic nitrogens is 2. The number of carbonyl (C=O) groups is 2. The van der Waals surface area contributed by atoms with Crippen molar-refractivity contribution < 1.29 is 14.3 Å². The van der Waals surface area contributed by atoms with Crippen molar-refractivity contribution in [2.75, 3.05) is 25.0 Å². The number of likely N-dealkylation sites (tertiary alicyclic amines) is 1. The summed E-state index contributed by atoms with van der Waals surface area (Å²) in [5.74, 6) is 1.17. The zero-order chi connectivity index (χ0) is 25.8. The van der Waals surface area contributed by atoms with Crippen molar-refractivity contribution in [2.24, 2.45) is 5.73 Å². The Morgan fingerprint density at radius 1 is 1.16 bits per heavy atom. The van der Waals surface area contributed by atoms with E-state index in [1.165, 1.54) is 18.9 Å². The molecule has 0 radical (unpaired) electrons. The van der Waals surface area contributed by atoms with Crippen LogP contribution in [0.25, 0.3) is 11.4 Å². The van der Waals surface area contributed by atoms with Gasteiger partial charge in [-0.25, -0.2) is 9.97 Å². The fraction of sp³-hybridized carbons (Fsp3) is 0.296. The van der Waals surface area contributed by atoms with E-state index in [0.717, 1.165) is 25.2 Å². The molecule has 3 heterocycles. The third-order valence-electron chi connectivity index (χ3n) is 6.47. The summed E-state index contributed by atoms with van der Waals surface area (Å²) in [5, 5.41) is 15.2. The lowest BCUT2D eigenvalue weighted by Crippen LogP contribution is -2.30. The van der Waals surface area contributed by atoms with Crippen LogP contribution in [0.4, 0.5) is 5.82 Å². The van der Waals surface area contributed by atoms with Crippen molar-refractivity contribution in [1.82, 2.24) is 20.2 Å². The number of ether oxygens (including phenoxy) is 1. The molecule has 0 spiro atoms. The standard InChI is InChI=1S/C27H27N7O3/c28-15-17-3-8-23(19(13-17)16-34-11-1-2-12-34)37-20-6-4-18(5-7-20)26-32-22(25(29)35)14-24(33-26)31-21-9-10-30-27(21)36/h3-8,13-14,21H,1-2,9-12,16H2,(H2,29,35)(H,30,36)(H,31,32,33)/t21-/m0/s1. The topological polar surface area (TPSA) is 146 Å². The van der Waals surface area contributed by atoms with Crippen LogP contribution >= 0.6 is 0 Å². The van der Waals surface area contributed by atoms with Gasteiger partial charge in [-0.2, -0.15) is 5.26 Å². The van der Waals surface area contributed by atoms with Crippen LogP contribution in [-0.4, -0.2) is 52.4 Å². The molecular weight excluding hydrogens is 470 g/mol. The average molecular weight is 498 g/mol. The Kier molecular flexibility index (Phi) is 6.96. The van der Waals surface area contributed by atoms with Crippen LogP contribution < -0.4 is 21.1 Å². The van der Waals surface area contributed by atoms with E-state index in [1.54, 1.807) is 30.3 Å². The van der Waals surface area contributed by atoms with Gasteiger partial charge in [-0.15, -0.1) is 0 Å². The van der Waals surface area contributed by atoms with E-state index in [2.05, 4.69) is 31.6 Å². The summed E-state index contributed by atoms with van der Waals surface area (Å²) in [6, 6.07) is 15.9. The summed E-state index contributed by atoms with van der Waals surface area (Å²) in [6.45, 7) is 3.39. The average Bonchev–Trinajstić information content (AvgIpc) is 3.57.